The van der Waals surface area contributed by atoms with Gasteiger partial charge >= 0.3 is 5.97 Å². The quantitative estimate of drug-likeness (QED) is 0.850. The number of imidazole rings is 1. The molecule has 1 amide bonds. The Labute approximate surface area is 139 Å². The number of benzene rings is 1. The first-order valence-corrected chi connectivity index (χ1v) is 7.65. The highest BCUT2D eigenvalue weighted by atomic mass is 35.5. The maximum atomic E-state index is 12.5. The van der Waals surface area contributed by atoms with E-state index < -0.39 is 17.4 Å². The van der Waals surface area contributed by atoms with Crippen LogP contribution in [0.2, 0.25) is 5.02 Å². The Bertz CT molecular complexity index is 712. The Morgan fingerprint density at radius 3 is 2.48 bits per heavy atom. The number of amides is 1. The molecule has 6 nitrogen and oxygen atoms in total. The fourth-order valence-corrected chi connectivity index (χ4v) is 2.58. The van der Waals surface area contributed by atoms with Crippen LogP contribution in [-0.2, 0) is 16.9 Å². The maximum absolute atomic E-state index is 12.5. The average Bonchev–Trinajstić information content (AvgIpc) is 3.02. The average molecular weight is 336 g/mol. The predicted octanol–water partition coefficient (Wildman–Crippen LogP) is 2.68. The van der Waals surface area contributed by atoms with Crippen molar-refractivity contribution in [3.63, 3.8) is 0 Å². The third-order valence-corrected chi connectivity index (χ3v) is 4.07. The number of hydrogen-bond acceptors (Lipinski definition) is 3. The van der Waals surface area contributed by atoms with Crippen LogP contribution >= 0.6 is 11.6 Å². The lowest BCUT2D eigenvalue weighted by Gasteiger charge is -2.30. The van der Waals surface area contributed by atoms with Crippen LogP contribution in [0, 0.1) is 0 Å². The van der Waals surface area contributed by atoms with Gasteiger partial charge in [0.1, 0.15) is 0 Å². The highest BCUT2D eigenvalue weighted by Gasteiger charge is 2.41. The molecule has 122 valence electrons. The lowest BCUT2D eigenvalue weighted by atomic mass is 9.87. The number of hydrogen-bond donors (Lipinski definition) is 2. The number of aromatic nitrogens is 2. The summed E-state index contributed by atoms with van der Waals surface area (Å²) >= 11 is 5.86. The van der Waals surface area contributed by atoms with E-state index >= 15 is 0 Å². The molecule has 23 heavy (non-hydrogen) atoms. The number of carboxylic acid groups (broad SMARTS) is 1. The van der Waals surface area contributed by atoms with Crippen molar-refractivity contribution in [2.75, 3.05) is 0 Å². The van der Waals surface area contributed by atoms with Crippen LogP contribution in [0.15, 0.2) is 36.7 Å². The van der Waals surface area contributed by atoms with Crippen molar-refractivity contribution >= 4 is 23.5 Å². The van der Waals surface area contributed by atoms with E-state index in [0.29, 0.717) is 17.1 Å². The van der Waals surface area contributed by atoms with E-state index in [1.54, 1.807) is 42.0 Å². The van der Waals surface area contributed by atoms with Crippen LogP contribution in [0.3, 0.4) is 0 Å². The molecule has 2 rings (SSSR count). The van der Waals surface area contributed by atoms with Gasteiger partial charge in [0.15, 0.2) is 11.4 Å². The molecule has 1 heterocycles. The van der Waals surface area contributed by atoms with Crippen LogP contribution < -0.4 is 5.32 Å². The number of aliphatic carboxylic acids is 1. The number of nitrogens with one attached hydrogen (secondary N) is 1. The van der Waals surface area contributed by atoms with Crippen molar-refractivity contribution in [3.05, 3.63) is 53.1 Å². The number of carbonyl (C=O) groups is 2. The summed E-state index contributed by atoms with van der Waals surface area (Å²) in [5.41, 5.74) is -1.08. The molecule has 2 aromatic rings. The van der Waals surface area contributed by atoms with Crippen molar-refractivity contribution in [2.45, 2.75) is 32.4 Å². The Kier molecular flexibility index (Phi) is 5.05. The molecule has 0 aliphatic carbocycles. The highest BCUT2D eigenvalue weighted by molar-refractivity contribution is 6.30. The molecule has 0 bridgehead atoms. The number of carboxylic acids is 1. The summed E-state index contributed by atoms with van der Waals surface area (Å²) in [6, 6.07) is 6.41. The molecule has 0 saturated heterocycles. The van der Waals surface area contributed by atoms with E-state index in [-0.39, 0.29) is 12.2 Å². The molecule has 0 spiro atoms. The Hall–Kier alpha value is -2.34. The monoisotopic (exact) mass is 335 g/mol. The Morgan fingerprint density at radius 2 is 1.96 bits per heavy atom. The molecular weight excluding hydrogens is 318 g/mol. The molecule has 0 saturated carbocycles. The van der Waals surface area contributed by atoms with Gasteiger partial charge in [-0.3, -0.25) is 4.79 Å². The fourth-order valence-electron chi connectivity index (χ4n) is 2.45. The van der Waals surface area contributed by atoms with E-state index in [0.717, 1.165) is 0 Å². The van der Waals surface area contributed by atoms with Crippen LogP contribution in [-0.4, -0.2) is 26.5 Å². The smallest absolute Gasteiger partial charge is 0.334 e. The molecule has 0 radical (unpaired) electrons. The zero-order valence-corrected chi connectivity index (χ0v) is 13.7. The molecule has 0 aliphatic rings. The summed E-state index contributed by atoms with van der Waals surface area (Å²) in [6.07, 6.45) is 3.36. The first-order chi connectivity index (χ1) is 10.9. The second-order valence-electron chi connectivity index (χ2n) is 5.06. The molecule has 0 aliphatic heterocycles. The van der Waals surface area contributed by atoms with E-state index in [4.69, 9.17) is 11.6 Å². The number of carbonyl (C=O) groups excluding carboxylic acids is 1. The summed E-state index contributed by atoms with van der Waals surface area (Å²) in [5.74, 6) is -1.48. The summed E-state index contributed by atoms with van der Waals surface area (Å²) in [5, 5.41) is 12.9. The van der Waals surface area contributed by atoms with Crippen LogP contribution in [0.1, 0.15) is 36.5 Å². The van der Waals surface area contributed by atoms with Gasteiger partial charge in [0.2, 0.25) is 0 Å². The van der Waals surface area contributed by atoms with Crippen LogP contribution in [0.25, 0.3) is 0 Å². The second-order valence-corrected chi connectivity index (χ2v) is 5.50. The van der Waals surface area contributed by atoms with Gasteiger partial charge in [-0.15, -0.1) is 0 Å². The summed E-state index contributed by atoms with van der Waals surface area (Å²) in [4.78, 5) is 28.5. The fraction of sp³-hybridized carbons (Fsp3) is 0.312. The van der Waals surface area contributed by atoms with E-state index in [2.05, 4.69) is 10.3 Å². The second kappa shape index (κ2) is 6.83. The number of aryl methyl sites for hydroxylation is 1. The van der Waals surface area contributed by atoms with Crippen molar-refractivity contribution < 1.29 is 14.7 Å². The molecular formula is C16H18ClN3O3. The molecule has 1 aromatic heterocycles. The molecule has 1 aromatic carbocycles. The number of halogens is 1. The summed E-state index contributed by atoms with van der Waals surface area (Å²) < 4.78 is 1.65. The Balaban J connectivity index is 2.41. The lowest BCUT2D eigenvalue weighted by molar-refractivity contribution is -0.145. The minimum Gasteiger partial charge on any atom is -0.479 e. The number of rotatable bonds is 6. The Morgan fingerprint density at radius 1 is 1.30 bits per heavy atom. The summed E-state index contributed by atoms with van der Waals surface area (Å²) in [7, 11) is 0. The van der Waals surface area contributed by atoms with Crippen molar-refractivity contribution in [1.29, 1.82) is 0 Å². The van der Waals surface area contributed by atoms with Crippen LogP contribution in [0.5, 0.6) is 0 Å². The topological polar surface area (TPSA) is 84.2 Å². The zero-order valence-electron chi connectivity index (χ0n) is 12.9. The molecule has 1 atom stereocenters. The predicted molar refractivity (Wildman–Crippen MR) is 86.4 cm³/mol. The first-order valence-electron chi connectivity index (χ1n) is 7.27. The molecule has 1 unspecified atom stereocenters. The van der Waals surface area contributed by atoms with E-state index in [1.807, 2.05) is 6.92 Å². The lowest BCUT2D eigenvalue weighted by Crippen LogP contribution is -2.52. The minimum atomic E-state index is -1.54. The van der Waals surface area contributed by atoms with Gasteiger partial charge in [0, 0.05) is 24.0 Å². The van der Waals surface area contributed by atoms with Gasteiger partial charge in [-0.05, 0) is 31.0 Å². The van der Waals surface area contributed by atoms with Gasteiger partial charge in [0.05, 0.1) is 0 Å². The highest BCUT2D eigenvalue weighted by Crippen LogP contribution is 2.27. The van der Waals surface area contributed by atoms with E-state index in [1.165, 1.54) is 6.20 Å². The van der Waals surface area contributed by atoms with E-state index in [9.17, 15) is 14.7 Å². The normalized spacial score (nSPS) is 13.3. The standard InChI is InChI=1S/C16H18ClN3O3/c1-3-16(15(22)23,11-5-7-12(17)8-6-11)19-14(21)13-18-9-10-20(13)4-2/h5-10H,3-4H2,1-2H3,(H,19,21)(H,22,23). The minimum absolute atomic E-state index is 0.181. The molecule has 7 heteroatoms. The van der Waals surface area contributed by atoms with Gasteiger partial charge in [-0.25, -0.2) is 9.78 Å². The maximum Gasteiger partial charge on any atom is 0.334 e. The van der Waals surface area contributed by atoms with Crippen molar-refractivity contribution in [2.24, 2.45) is 0 Å². The molecule has 2 N–H and O–H groups in total. The largest absolute Gasteiger partial charge is 0.479 e. The van der Waals surface area contributed by atoms with Gasteiger partial charge in [0.25, 0.3) is 5.91 Å². The van der Waals surface area contributed by atoms with Gasteiger partial charge in [-0.1, -0.05) is 30.7 Å². The van der Waals surface area contributed by atoms with Gasteiger partial charge in [-0.2, -0.15) is 0 Å². The van der Waals surface area contributed by atoms with Gasteiger partial charge < -0.3 is 15.0 Å². The van der Waals surface area contributed by atoms with Crippen molar-refractivity contribution in [1.82, 2.24) is 14.9 Å². The summed E-state index contributed by atoms with van der Waals surface area (Å²) in [6.45, 7) is 4.15. The molecule has 0 fully saturated rings. The van der Waals surface area contributed by atoms with Crippen LogP contribution in [0.4, 0.5) is 0 Å². The van der Waals surface area contributed by atoms with Crippen molar-refractivity contribution in [3.8, 4) is 0 Å². The number of nitrogens with zero attached hydrogens (tertiary/aromatic N) is 2. The first kappa shape index (κ1) is 17.0. The zero-order chi connectivity index (χ0) is 17.0. The third-order valence-electron chi connectivity index (χ3n) is 3.82. The third kappa shape index (κ3) is 3.22. The SMILES string of the molecule is CCn1ccnc1C(=O)NC(CC)(C(=O)O)c1ccc(Cl)cc1.